The first-order valence-corrected chi connectivity index (χ1v) is 10.8. The third-order valence-electron chi connectivity index (χ3n) is 5.92. The summed E-state index contributed by atoms with van der Waals surface area (Å²) < 4.78 is 10.9. The molecule has 0 radical (unpaired) electrons. The fourth-order valence-electron chi connectivity index (χ4n) is 4.05. The lowest BCUT2D eigenvalue weighted by atomic mass is 10.1. The monoisotopic (exact) mass is 403 g/mol. The number of hydrogen-bond acceptors (Lipinski definition) is 5. The van der Waals surface area contributed by atoms with Gasteiger partial charge in [0.1, 0.15) is 11.5 Å². The van der Waals surface area contributed by atoms with Crippen LogP contribution in [0.2, 0.25) is 0 Å². The highest BCUT2D eigenvalue weighted by molar-refractivity contribution is 5.80. The summed E-state index contributed by atoms with van der Waals surface area (Å²) in [5, 5.41) is 3.56. The minimum Gasteiger partial charge on any atom is -0.497 e. The van der Waals surface area contributed by atoms with Crippen molar-refractivity contribution in [2.75, 3.05) is 67.1 Å². The molecule has 1 aliphatic carbocycles. The summed E-state index contributed by atoms with van der Waals surface area (Å²) in [7, 11) is 5.31. The first-order valence-electron chi connectivity index (χ1n) is 10.8. The Morgan fingerprint density at radius 2 is 1.93 bits per heavy atom. The number of likely N-dealkylation sites (N-methyl/N-ethyl adjacent to an activating group) is 1. The Labute approximate surface area is 175 Å². The van der Waals surface area contributed by atoms with Crippen molar-refractivity contribution in [3.05, 3.63) is 23.8 Å². The van der Waals surface area contributed by atoms with Gasteiger partial charge in [0.25, 0.3) is 0 Å². The molecule has 2 fully saturated rings. The van der Waals surface area contributed by atoms with Gasteiger partial charge in [-0.05, 0) is 37.6 Å². The Morgan fingerprint density at radius 3 is 2.52 bits per heavy atom. The number of hydrogen-bond donors (Lipinski definition) is 1. The molecule has 29 heavy (non-hydrogen) atoms. The molecule has 1 aromatic carbocycles. The van der Waals surface area contributed by atoms with Gasteiger partial charge in [-0.15, -0.1) is 0 Å². The summed E-state index contributed by atoms with van der Waals surface area (Å²) >= 11 is 0. The molecule has 1 saturated heterocycles. The van der Waals surface area contributed by atoms with E-state index in [1.807, 2.05) is 19.2 Å². The smallest absolute Gasteiger partial charge is 0.193 e. The SMILES string of the molecule is CCN(CCNC(=NC)N1CCN(Cc2cc(OC)ccc2OC)CC1)C1CC1. The first-order chi connectivity index (χ1) is 14.2. The van der Waals surface area contributed by atoms with Crippen LogP contribution in [0.1, 0.15) is 25.3 Å². The molecule has 1 aromatic rings. The van der Waals surface area contributed by atoms with E-state index < -0.39 is 0 Å². The summed E-state index contributed by atoms with van der Waals surface area (Å²) in [5.41, 5.74) is 1.17. The number of piperazine rings is 1. The zero-order valence-electron chi connectivity index (χ0n) is 18.5. The Bertz CT molecular complexity index is 669. The molecule has 0 bridgehead atoms. The van der Waals surface area contributed by atoms with E-state index in [0.29, 0.717) is 0 Å². The fourth-order valence-corrected chi connectivity index (χ4v) is 4.05. The Morgan fingerprint density at radius 1 is 1.17 bits per heavy atom. The maximum Gasteiger partial charge on any atom is 0.193 e. The largest absolute Gasteiger partial charge is 0.497 e. The average Bonchev–Trinajstić information content (AvgIpc) is 3.60. The molecule has 0 amide bonds. The van der Waals surface area contributed by atoms with Crippen molar-refractivity contribution in [2.45, 2.75) is 32.4 Å². The van der Waals surface area contributed by atoms with Crippen LogP contribution in [0.3, 0.4) is 0 Å². The Balaban J connectivity index is 1.46. The molecule has 162 valence electrons. The molecule has 2 aliphatic rings. The maximum absolute atomic E-state index is 5.53. The van der Waals surface area contributed by atoms with E-state index in [-0.39, 0.29) is 0 Å². The molecule has 1 saturated carbocycles. The minimum absolute atomic E-state index is 0.820. The Kier molecular flexibility index (Phi) is 8.00. The number of ether oxygens (including phenoxy) is 2. The molecule has 1 heterocycles. The highest BCUT2D eigenvalue weighted by Crippen LogP contribution is 2.26. The van der Waals surface area contributed by atoms with Crippen molar-refractivity contribution in [3.8, 4) is 11.5 Å². The van der Waals surface area contributed by atoms with E-state index in [9.17, 15) is 0 Å². The van der Waals surface area contributed by atoms with Gasteiger partial charge in [0.15, 0.2) is 5.96 Å². The summed E-state index contributed by atoms with van der Waals surface area (Å²) in [6.07, 6.45) is 2.73. The summed E-state index contributed by atoms with van der Waals surface area (Å²) in [6.45, 7) is 10.3. The maximum atomic E-state index is 5.53. The van der Waals surface area contributed by atoms with Gasteiger partial charge < -0.3 is 19.7 Å². The van der Waals surface area contributed by atoms with E-state index in [1.54, 1.807) is 14.2 Å². The van der Waals surface area contributed by atoms with Crippen molar-refractivity contribution in [1.82, 2.24) is 20.0 Å². The fraction of sp³-hybridized carbons (Fsp3) is 0.682. The van der Waals surface area contributed by atoms with E-state index in [1.165, 1.54) is 18.4 Å². The van der Waals surface area contributed by atoms with E-state index in [0.717, 1.165) is 75.9 Å². The molecule has 0 unspecified atom stereocenters. The predicted molar refractivity (Wildman–Crippen MR) is 118 cm³/mol. The summed E-state index contributed by atoms with van der Waals surface area (Å²) in [6, 6.07) is 6.82. The van der Waals surface area contributed by atoms with Crippen molar-refractivity contribution < 1.29 is 9.47 Å². The number of aliphatic imine (C=N–C) groups is 1. The Hall–Kier alpha value is -1.99. The number of guanidine groups is 1. The van der Waals surface area contributed by atoms with Gasteiger partial charge in [-0.3, -0.25) is 14.8 Å². The lowest BCUT2D eigenvalue weighted by Crippen LogP contribution is -2.53. The predicted octanol–water partition coefficient (Wildman–Crippen LogP) is 1.88. The number of rotatable bonds is 9. The van der Waals surface area contributed by atoms with Crippen LogP contribution in [0.5, 0.6) is 11.5 Å². The van der Waals surface area contributed by atoms with Crippen molar-refractivity contribution in [3.63, 3.8) is 0 Å². The van der Waals surface area contributed by atoms with Crippen molar-refractivity contribution >= 4 is 5.96 Å². The zero-order valence-corrected chi connectivity index (χ0v) is 18.5. The van der Waals surface area contributed by atoms with Gasteiger partial charge in [-0.1, -0.05) is 6.92 Å². The van der Waals surface area contributed by atoms with E-state index >= 15 is 0 Å². The molecule has 0 spiro atoms. The molecule has 3 rings (SSSR count). The molecular formula is C22H37N5O2. The molecule has 0 atom stereocenters. The van der Waals surface area contributed by atoms with Gasteiger partial charge in [0.05, 0.1) is 14.2 Å². The molecule has 7 nitrogen and oxygen atoms in total. The van der Waals surface area contributed by atoms with Crippen LogP contribution in [-0.4, -0.2) is 93.8 Å². The van der Waals surface area contributed by atoms with E-state index in [4.69, 9.17) is 9.47 Å². The highest BCUT2D eigenvalue weighted by atomic mass is 16.5. The molecular weight excluding hydrogens is 366 g/mol. The number of nitrogens with zero attached hydrogens (tertiary/aromatic N) is 4. The standard InChI is InChI=1S/C22H37N5O2/c1-5-26(19-6-7-19)11-10-24-22(23-2)27-14-12-25(13-15-27)17-18-16-20(28-3)8-9-21(18)29-4/h8-9,16,19H,5-7,10-15,17H2,1-4H3,(H,23,24). The van der Waals surface area contributed by atoms with Crippen molar-refractivity contribution in [1.29, 1.82) is 0 Å². The number of methoxy groups -OCH3 is 2. The highest BCUT2D eigenvalue weighted by Gasteiger charge is 2.27. The van der Waals surface area contributed by atoms with Crippen LogP contribution in [0.4, 0.5) is 0 Å². The van der Waals surface area contributed by atoms with Gasteiger partial charge in [-0.2, -0.15) is 0 Å². The lowest BCUT2D eigenvalue weighted by Gasteiger charge is -2.37. The van der Waals surface area contributed by atoms with Gasteiger partial charge in [-0.25, -0.2) is 0 Å². The van der Waals surface area contributed by atoms with Crippen LogP contribution >= 0.6 is 0 Å². The molecule has 7 heteroatoms. The second-order valence-corrected chi connectivity index (χ2v) is 7.77. The number of nitrogens with one attached hydrogen (secondary N) is 1. The summed E-state index contributed by atoms with van der Waals surface area (Å²) in [5.74, 6) is 2.81. The first kappa shape index (κ1) is 21.7. The quantitative estimate of drug-likeness (QED) is 0.502. The minimum atomic E-state index is 0.820. The van der Waals surface area contributed by atoms with Crippen LogP contribution in [0.25, 0.3) is 0 Å². The molecule has 1 N–H and O–H groups in total. The average molecular weight is 404 g/mol. The van der Waals surface area contributed by atoms with Crippen molar-refractivity contribution in [2.24, 2.45) is 4.99 Å². The summed E-state index contributed by atoms with van der Waals surface area (Å²) in [4.78, 5) is 11.9. The van der Waals surface area contributed by atoms with Crippen LogP contribution < -0.4 is 14.8 Å². The third-order valence-corrected chi connectivity index (χ3v) is 5.92. The zero-order chi connectivity index (χ0) is 20.6. The van der Waals surface area contributed by atoms with Gasteiger partial charge in [0, 0.05) is 64.5 Å². The van der Waals surface area contributed by atoms with Crippen LogP contribution in [-0.2, 0) is 6.54 Å². The van der Waals surface area contributed by atoms with Gasteiger partial charge >= 0.3 is 0 Å². The normalized spacial score (nSPS) is 18.2. The van der Waals surface area contributed by atoms with Crippen LogP contribution in [0, 0.1) is 0 Å². The second kappa shape index (κ2) is 10.7. The molecule has 0 aromatic heterocycles. The number of benzene rings is 1. The topological polar surface area (TPSA) is 52.6 Å². The third kappa shape index (κ3) is 6.00. The second-order valence-electron chi connectivity index (χ2n) is 7.77. The van der Waals surface area contributed by atoms with Crippen LogP contribution in [0.15, 0.2) is 23.2 Å². The van der Waals surface area contributed by atoms with E-state index in [2.05, 4.69) is 38.0 Å². The van der Waals surface area contributed by atoms with Gasteiger partial charge in [0.2, 0.25) is 0 Å². The lowest BCUT2D eigenvalue weighted by molar-refractivity contribution is 0.170. The molecule has 1 aliphatic heterocycles.